The Kier molecular flexibility index (Phi) is 4.29. The van der Waals surface area contributed by atoms with Crippen LogP contribution in [0, 0.1) is 5.92 Å². The van der Waals surface area contributed by atoms with Crippen molar-refractivity contribution >= 4 is 5.78 Å². The average molecular weight is 233 g/mol. The SMILES string of the molecule is NCCc1ccccc1C(=O)C1CCCOC1. The number of rotatable bonds is 4. The minimum Gasteiger partial charge on any atom is -0.381 e. The lowest BCUT2D eigenvalue weighted by atomic mass is 9.89. The highest BCUT2D eigenvalue weighted by molar-refractivity contribution is 5.99. The van der Waals surface area contributed by atoms with Crippen molar-refractivity contribution in [2.45, 2.75) is 19.3 Å². The van der Waals surface area contributed by atoms with Crippen LogP contribution in [-0.2, 0) is 11.2 Å². The van der Waals surface area contributed by atoms with E-state index < -0.39 is 0 Å². The molecular formula is C14H19NO2. The van der Waals surface area contributed by atoms with Gasteiger partial charge in [-0.15, -0.1) is 0 Å². The first kappa shape index (κ1) is 12.3. The predicted octanol–water partition coefficient (Wildman–Crippen LogP) is 1.80. The molecule has 92 valence electrons. The molecule has 2 N–H and O–H groups in total. The van der Waals surface area contributed by atoms with Crippen LogP contribution >= 0.6 is 0 Å². The van der Waals surface area contributed by atoms with Crippen molar-refractivity contribution < 1.29 is 9.53 Å². The number of hydrogen-bond donors (Lipinski definition) is 1. The molecule has 1 unspecified atom stereocenters. The van der Waals surface area contributed by atoms with Crippen LogP contribution in [0.3, 0.4) is 0 Å². The second-order valence-corrected chi connectivity index (χ2v) is 4.47. The standard InChI is InChI=1S/C14H19NO2/c15-8-7-11-4-1-2-6-13(11)14(16)12-5-3-9-17-10-12/h1-2,4,6,12H,3,5,7-10,15H2. The molecule has 1 fully saturated rings. The first-order valence-corrected chi connectivity index (χ1v) is 6.23. The van der Waals surface area contributed by atoms with Gasteiger partial charge in [0.25, 0.3) is 0 Å². The molecule has 0 aromatic heterocycles. The predicted molar refractivity (Wildman–Crippen MR) is 67.1 cm³/mol. The number of hydrogen-bond acceptors (Lipinski definition) is 3. The summed E-state index contributed by atoms with van der Waals surface area (Å²) in [7, 11) is 0. The molecule has 1 atom stereocenters. The quantitative estimate of drug-likeness (QED) is 0.807. The van der Waals surface area contributed by atoms with E-state index in [2.05, 4.69) is 0 Å². The second kappa shape index (κ2) is 5.94. The fourth-order valence-electron chi connectivity index (χ4n) is 2.30. The molecule has 1 heterocycles. The summed E-state index contributed by atoms with van der Waals surface area (Å²) in [5, 5.41) is 0. The Morgan fingerprint density at radius 2 is 2.24 bits per heavy atom. The van der Waals surface area contributed by atoms with Crippen molar-refractivity contribution in [3.05, 3.63) is 35.4 Å². The van der Waals surface area contributed by atoms with E-state index in [0.29, 0.717) is 13.2 Å². The molecule has 1 saturated heterocycles. The summed E-state index contributed by atoms with van der Waals surface area (Å²) in [5.74, 6) is 0.247. The number of benzene rings is 1. The Morgan fingerprint density at radius 1 is 1.41 bits per heavy atom. The molecule has 0 radical (unpaired) electrons. The molecule has 3 heteroatoms. The summed E-state index contributed by atoms with van der Waals surface area (Å²) < 4.78 is 5.38. The number of ether oxygens (including phenoxy) is 1. The van der Waals surface area contributed by atoms with Crippen molar-refractivity contribution in [2.24, 2.45) is 11.7 Å². The summed E-state index contributed by atoms with van der Waals surface area (Å²) in [6.07, 6.45) is 2.68. The summed E-state index contributed by atoms with van der Waals surface area (Å²) in [6.45, 7) is 1.93. The molecule has 0 aliphatic carbocycles. The van der Waals surface area contributed by atoms with Gasteiger partial charge < -0.3 is 10.5 Å². The molecule has 1 aromatic carbocycles. The minimum atomic E-state index is 0.0303. The number of nitrogens with two attached hydrogens (primary N) is 1. The van der Waals surface area contributed by atoms with Crippen molar-refractivity contribution in [2.75, 3.05) is 19.8 Å². The summed E-state index contributed by atoms with van der Waals surface area (Å²) in [5.41, 5.74) is 7.46. The van der Waals surface area contributed by atoms with Gasteiger partial charge in [-0.25, -0.2) is 0 Å². The lowest BCUT2D eigenvalue weighted by Crippen LogP contribution is -2.26. The van der Waals surface area contributed by atoms with Crippen LogP contribution < -0.4 is 5.73 Å². The fraction of sp³-hybridized carbons (Fsp3) is 0.500. The largest absolute Gasteiger partial charge is 0.381 e. The van der Waals surface area contributed by atoms with Gasteiger partial charge in [-0.3, -0.25) is 4.79 Å². The maximum absolute atomic E-state index is 12.4. The number of carbonyl (C=O) groups excluding carboxylic acids is 1. The van der Waals surface area contributed by atoms with Crippen molar-refractivity contribution in [3.8, 4) is 0 Å². The first-order chi connectivity index (χ1) is 8.33. The van der Waals surface area contributed by atoms with E-state index in [4.69, 9.17) is 10.5 Å². The first-order valence-electron chi connectivity index (χ1n) is 6.23. The Labute approximate surface area is 102 Å². The molecule has 2 rings (SSSR count). The van der Waals surface area contributed by atoms with Crippen LogP contribution in [0.2, 0.25) is 0 Å². The normalized spacial score (nSPS) is 20.2. The third-order valence-electron chi connectivity index (χ3n) is 3.23. The van der Waals surface area contributed by atoms with E-state index in [1.165, 1.54) is 0 Å². The van der Waals surface area contributed by atoms with E-state index in [0.717, 1.165) is 37.0 Å². The Balaban J connectivity index is 2.17. The lowest BCUT2D eigenvalue weighted by molar-refractivity contribution is 0.0461. The van der Waals surface area contributed by atoms with Gasteiger partial charge in [0.05, 0.1) is 6.61 Å². The number of carbonyl (C=O) groups is 1. The third-order valence-corrected chi connectivity index (χ3v) is 3.23. The molecule has 1 aliphatic rings. The van der Waals surface area contributed by atoms with E-state index in [-0.39, 0.29) is 11.7 Å². The topological polar surface area (TPSA) is 52.3 Å². The summed E-state index contributed by atoms with van der Waals surface area (Å²) in [6, 6.07) is 7.77. The molecule has 0 bridgehead atoms. The number of Topliss-reactive ketones (excluding diaryl/α,β-unsaturated/α-hetero) is 1. The van der Waals surface area contributed by atoms with E-state index >= 15 is 0 Å². The van der Waals surface area contributed by atoms with E-state index in [1.54, 1.807) is 0 Å². The molecule has 0 amide bonds. The van der Waals surface area contributed by atoms with Crippen LogP contribution in [0.15, 0.2) is 24.3 Å². The van der Waals surface area contributed by atoms with E-state index in [1.807, 2.05) is 24.3 Å². The van der Waals surface area contributed by atoms with Gasteiger partial charge in [0, 0.05) is 18.1 Å². The Hall–Kier alpha value is -1.19. The van der Waals surface area contributed by atoms with E-state index in [9.17, 15) is 4.79 Å². The molecule has 17 heavy (non-hydrogen) atoms. The maximum atomic E-state index is 12.4. The van der Waals surface area contributed by atoms with Gasteiger partial charge in [0.2, 0.25) is 0 Å². The zero-order valence-electron chi connectivity index (χ0n) is 10.0. The second-order valence-electron chi connectivity index (χ2n) is 4.47. The van der Waals surface area contributed by atoms with Gasteiger partial charge in [0.15, 0.2) is 5.78 Å². The number of ketones is 1. The van der Waals surface area contributed by atoms with Gasteiger partial charge >= 0.3 is 0 Å². The van der Waals surface area contributed by atoms with Gasteiger partial charge in [0.1, 0.15) is 0 Å². The molecule has 0 saturated carbocycles. The molecule has 3 nitrogen and oxygen atoms in total. The van der Waals surface area contributed by atoms with Crippen molar-refractivity contribution in [1.82, 2.24) is 0 Å². The molecule has 1 aliphatic heterocycles. The highest BCUT2D eigenvalue weighted by Crippen LogP contribution is 2.21. The summed E-state index contributed by atoms with van der Waals surface area (Å²) in [4.78, 5) is 12.4. The average Bonchev–Trinajstić information content (AvgIpc) is 2.40. The lowest BCUT2D eigenvalue weighted by Gasteiger charge is -2.21. The molecular weight excluding hydrogens is 214 g/mol. The van der Waals surface area contributed by atoms with Crippen LogP contribution in [0.25, 0.3) is 0 Å². The molecule has 1 aromatic rings. The highest BCUT2D eigenvalue weighted by Gasteiger charge is 2.24. The van der Waals surface area contributed by atoms with Gasteiger partial charge in [-0.1, -0.05) is 24.3 Å². The van der Waals surface area contributed by atoms with Crippen LogP contribution in [-0.4, -0.2) is 25.5 Å². The van der Waals surface area contributed by atoms with Crippen LogP contribution in [0.1, 0.15) is 28.8 Å². The van der Waals surface area contributed by atoms with Crippen molar-refractivity contribution in [3.63, 3.8) is 0 Å². The minimum absolute atomic E-state index is 0.0303. The maximum Gasteiger partial charge on any atom is 0.168 e. The van der Waals surface area contributed by atoms with Gasteiger partial charge in [-0.05, 0) is 31.4 Å². The summed E-state index contributed by atoms with van der Waals surface area (Å²) >= 11 is 0. The Morgan fingerprint density at radius 3 is 2.94 bits per heavy atom. The van der Waals surface area contributed by atoms with Gasteiger partial charge in [-0.2, -0.15) is 0 Å². The third kappa shape index (κ3) is 2.93. The van der Waals surface area contributed by atoms with Crippen LogP contribution in [0.5, 0.6) is 0 Å². The zero-order valence-corrected chi connectivity index (χ0v) is 10.0. The van der Waals surface area contributed by atoms with Crippen LogP contribution in [0.4, 0.5) is 0 Å². The monoisotopic (exact) mass is 233 g/mol. The Bertz CT molecular complexity index is 384. The smallest absolute Gasteiger partial charge is 0.168 e. The fourth-order valence-corrected chi connectivity index (χ4v) is 2.30. The van der Waals surface area contributed by atoms with Crippen molar-refractivity contribution in [1.29, 1.82) is 0 Å². The zero-order chi connectivity index (χ0) is 12.1. The molecule has 0 spiro atoms. The highest BCUT2D eigenvalue weighted by atomic mass is 16.5.